The fraction of sp³-hybridized carbons (Fsp3) is 0.789. The molecule has 24 heavy (non-hydrogen) atoms. The molecule has 1 atom stereocenters. The second-order valence-electron chi connectivity index (χ2n) is 8.17. The number of rotatable bonds is 4. The van der Waals surface area contributed by atoms with Crippen LogP contribution >= 0.6 is 0 Å². The zero-order valence-corrected chi connectivity index (χ0v) is 15.2. The molecule has 0 N–H and O–H groups in total. The molecule has 134 valence electrons. The van der Waals surface area contributed by atoms with Gasteiger partial charge in [0.15, 0.2) is 5.78 Å². The molecule has 0 bridgehead atoms. The fourth-order valence-electron chi connectivity index (χ4n) is 3.80. The van der Waals surface area contributed by atoms with Gasteiger partial charge in [0.2, 0.25) is 0 Å². The van der Waals surface area contributed by atoms with E-state index in [9.17, 15) is 4.79 Å². The summed E-state index contributed by atoms with van der Waals surface area (Å²) >= 11 is 0. The standard InChI is InChI=1S/C19H30N2O3/c1-19(2,3)18-13-14(20-24-18)12-17(22)16-6-4-5-9-21(16)15-7-10-23-11-8-15/h13,15-16H,4-12H2,1-3H3/t16-/m0/s1. The number of ketones is 1. The predicted octanol–water partition coefficient (Wildman–Crippen LogP) is 3.12. The largest absolute Gasteiger partial charge is 0.381 e. The summed E-state index contributed by atoms with van der Waals surface area (Å²) in [6, 6.07) is 2.48. The first-order valence-electron chi connectivity index (χ1n) is 9.27. The van der Waals surface area contributed by atoms with Crippen LogP contribution in [0.15, 0.2) is 10.6 Å². The molecule has 0 amide bonds. The molecule has 0 unspecified atom stereocenters. The molecule has 0 saturated carbocycles. The van der Waals surface area contributed by atoms with E-state index in [1.54, 1.807) is 0 Å². The van der Waals surface area contributed by atoms with Crippen LogP contribution in [0.1, 0.15) is 64.3 Å². The third-order valence-electron chi connectivity index (χ3n) is 5.23. The van der Waals surface area contributed by atoms with Crippen molar-refractivity contribution in [2.75, 3.05) is 19.8 Å². The highest BCUT2D eigenvalue weighted by atomic mass is 16.5. The fourth-order valence-corrected chi connectivity index (χ4v) is 3.80. The second kappa shape index (κ2) is 7.36. The van der Waals surface area contributed by atoms with Gasteiger partial charge in [-0.1, -0.05) is 32.3 Å². The summed E-state index contributed by atoms with van der Waals surface area (Å²) in [5.41, 5.74) is 0.690. The van der Waals surface area contributed by atoms with Gasteiger partial charge in [-0.2, -0.15) is 0 Å². The molecule has 3 rings (SSSR count). The van der Waals surface area contributed by atoms with Crippen molar-refractivity contribution < 1.29 is 14.1 Å². The van der Waals surface area contributed by atoms with Crippen molar-refractivity contribution in [2.45, 2.75) is 76.8 Å². The quantitative estimate of drug-likeness (QED) is 0.847. The predicted molar refractivity (Wildman–Crippen MR) is 92.1 cm³/mol. The first-order chi connectivity index (χ1) is 11.4. The van der Waals surface area contributed by atoms with Crippen LogP contribution in [-0.2, 0) is 21.4 Å². The average Bonchev–Trinajstić information content (AvgIpc) is 3.04. The maximum atomic E-state index is 12.9. The lowest BCUT2D eigenvalue weighted by atomic mass is 9.91. The van der Waals surface area contributed by atoms with Crippen molar-refractivity contribution in [1.82, 2.24) is 10.1 Å². The summed E-state index contributed by atoms with van der Waals surface area (Å²) in [6.07, 6.45) is 5.77. The number of hydrogen-bond donors (Lipinski definition) is 0. The highest BCUT2D eigenvalue weighted by Gasteiger charge is 2.34. The monoisotopic (exact) mass is 334 g/mol. The van der Waals surface area contributed by atoms with E-state index in [0.717, 1.165) is 56.9 Å². The maximum absolute atomic E-state index is 12.9. The van der Waals surface area contributed by atoms with Gasteiger partial charge in [-0.3, -0.25) is 9.69 Å². The number of likely N-dealkylation sites (tertiary alicyclic amines) is 1. The lowest BCUT2D eigenvalue weighted by molar-refractivity contribution is -0.127. The Labute approximate surface area is 144 Å². The van der Waals surface area contributed by atoms with Crippen molar-refractivity contribution in [3.05, 3.63) is 17.5 Å². The molecular weight excluding hydrogens is 304 g/mol. The van der Waals surface area contributed by atoms with Gasteiger partial charge >= 0.3 is 0 Å². The smallest absolute Gasteiger partial charge is 0.156 e. The van der Waals surface area contributed by atoms with Crippen molar-refractivity contribution in [3.63, 3.8) is 0 Å². The first kappa shape index (κ1) is 17.6. The maximum Gasteiger partial charge on any atom is 0.156 e. The van der Waals surface area contributed by atoms with Crippen LogP contribution in [-0.4, -0.2) is 47.7 Å². The lowest BCUT2D eigenvalue weighted by Crippen LogP contribution is -2.52. The van der Waals surface area contributed by atoms with Gasteiger partial charge in [-0.25, -0.2) is 0 Å². The molecule has 2 fully saturated rings. The number of piperidine rings is 1. The van der Waals surface area contributed by atoms with Crippen molar-refractivity contribution in [2.24, 2.45) is 0 Å². The van der Waals surface area contributed by atoms with Crippen LogP contribution in [0.3, 0.4) is 0 Å². The number of nitrogens with zero attached hydrogens (tertiary/aromatic N) is 2. The highest BCUT2D eigenvalue weighted by molar-refractivity contribution is 5.85. The van der Waals surface area contributed by atoms with E-state index in [1.165, 1.54) is 6.42 Å². The third kappa shape index (κ3) is 4.06. The van der Waals surface area contributed by atoms with E-state index < -0.39 is 0 Å². The lowest BCUT2D eigenvalue weighted by Gasteiger charge is -2.41. The molecule has 1 aromatic heterocycles. The summed E-state index contributed by atoms with van der Waals surface area (Å²) in [7, 11) is 0. The molecule has 1 aromatic rings. The topological polar surface area (TPSA) is 55.6 Å². The Kier molecular flexibility index (Phi) is 5.40. The number of carbonyl (C=O) groups is 1. The van der Waals surface area contributed by atoms with Gasteiger partial charge in [0.25, 0.3) is 0 Å². The van der Waals surface area contributed by atoms with Crippen LogP contribution in [0.2, 0.25) is 0 Å². The summed E-state index contributed by atoms with van der Waals surface area (Å²) in [6.45, 7) is 8.95. The van der Waals surface area contributed by atoms with Crippen LogP contribution < -0.4 is 0 Å². The summed E-state index contributed by atoms with van der Waals surface area (Å²) in [5.74, 6) is 1.13. The molecular formula is C19H30N2O3. The van der Waals surface area contributed by atoms with Gasteiger partial charge in [0, 0.05) is 30.7 Å². The molecule has 2 aliphatic heterocycles. The minimum Gasteiger partial charge on any atom is -0.381 e. The minimum absolute atomic E-state index is 0.0386. The van der Waals surface area contributed by atoms with E-state index in [0.29, 0.717) is 12.5 Å². The molecule has 3 heterocycles. The van der Waals surface area contributed by atoms with Gasteiger partial charge in [-0.15, -0.1) is 0 Å². The molecule has 2 aliphatic rings. The van der Waals surface area contributed by atoms with Gasteiger partial charge < -0.3 is 9.26 Å². The summed E-state index contributed by atoms with van der Waals surface area (Å²) in [4.78, 5) is 15.4. The second-order valence-corrected chi connectivity index (χ2v) is 8.17. The Balaban J connectivity index is 1.66. The van der Waals surface area contributed by atoms with Gasteiger partial charge in [-0.05, 0) is 32.2 Å². The van der Waals surface area contributed by atoms with Gasteiger partial charge in [0.05, 0.1) is 18.2 Å². The number of ether oxygens (including phenoxy) is 1. The summed E-state index contributed by atoms with van der Waals surface area (Å²) < 4.78 is 10.9. The number of Topliss-reactive ketones (excluding diaryl/α,β-unsaturated/α-hetero) is 1. The minimum atomic E-state index is -0.0761. The van der Waals surface area contributed by atoms with Crippen LogP contribution in [0.4, 0.5) is 0 Å². The summed E-state index contributed by atoms with van der Waals surface area (Å²) in [5, 5.41) is 4.12. The van der Waals surface area contributed by atoms with Crippen molar-refractivity contribution in [3.8, 4) is 0 Å². The molecule has 0 aromatic carbocycles. The highest BCUT2D eigenvalue weighted by Crippen LogP contribution is 2.27. The van der Waals surface area contributed by atoms with E-state index in [2.05, 4.69) is 30.8 Å². The zero-order chi connectivity index (χ0) is 17.2. The normalized spacial score (nSPS) is 24.2. The van der Waals surface area contributed by atoms with Crippen LogP contribution in [0, 0.1) is 0 Å². The number of aromatic nitrogens is 1. The Morgan fingerprint density at radius 3 is 2.67 bits per heavy atom. The first-order valence-corrected chi connectivity index (χ1v) is 9.27. The number of carbonyl (C=O) groups excluding carboxylic acids is 1. The molecule has 2 saturated heterocycles. The van der Waals surface area contributed by atoms with E-state index >= 15 is 0 Å². The van der Waals surface area contributed by atoms with E-state index in [4.69, 9.17) is 9.26 Å². The molecule has 5 nitrogen and oxygen atoms in total. The SMILES string of the molecule is CC(C)(C)c1cc(CC(=O)[C@@H]2CCCCN2C2CCOCC2)no1. The van der Waals surface area contributed by atoms with Crippen molar-refractivity contribution >= 4 is 5.78 Å². The van der Waals surface area contributed by atoms with E-state index in [1.807, 2.05) is 6.07 Å². The Bertz CT molecular complexity index is 555. The zero-order valence-electron chi connectivity index (χ0n) is 15.2. The Morgan fingerprint density at radius 1 is 1.25 bits per heavy atom. The van der Waals surface area contributed by atoms with Crippen LogP contribution in [0.5, 0.6) is 0 Å². The molecule has 5 heteroatoms. The van der Waals surface area contributed by atoms with Crippen LogP contribution in [0.25, 0.3) is 0 Å². The van der Waals surface area contributed by atoms with Crippen molar-refractivity contribution in [1.29, 1.82) is 0 Å². The molecule has 0 radical (unpaired) electrons. The molecule has 0 spiro atoms. The van der Waals surface area contributed by atoms with Gasteiger partial charge in [0.1, 0.15) is 5.76 Å². The average molecular weight is 334 g/mol. The Morgan fingerprint density at radius 2 is 2.00 bits per heavy atom. The third-order valence-corrected chi connectivity index (χ3v) is 5.23. The number of hydrogen-bond acceptors (Lipinski definition) is 5. The van der Waals surface area contributed by atoms with E-state index in [-0.39, 0.29) is 17.2 Å². The Hall–Kier alpha value is -1.20. The molecule has 0 aliphatic carbocycles.